The molecule has 0 atom stereocenters. The minimum atomic E-state index is 0.174. The Balaban J connectivity index is 1.65. The molecule has 0 unspecified atom stereocenters. The molecule has 0 spiro atoms. The van der Waals surface area contributed by atoms with E-state index in [1.807, 2.05) is 26.0 Å². The molecule has 0 saturated heterocycles. The van der Waals surface area contributed by atoms with E-state index >= 15 is 0 Å². The molecule has 0 saturated carbocycles. The summed E-state index contributed by atoms with van der Waals surface area (Å²) < 4.78 is 5.80. The van der Waals surface area contributed by atoms with Gasteiger partial charge in [-0.15, -0.1) is 5.53 Å². The molecular formula is C19H21N3O. The summed E-state index contributed by atoms with van der Waals surface area (Å²) in [6, 6.07) is 16.8. The van der Waals surface area contributed by atoms with Gasteiger partial charge in [-0.05, 0) is 38.0 Å². The molecule has 4 heteroatoms. The van der Waals surface area contributed by atoms with Crippen LogP contribution < -0.4 is 15.3 Å². The van der Waals surface area contributed by atoms with E-state index < -0.39 is 0 Å². The Kier molecular flexibility index (Phi) is 3.46. The first-order valence-electron chi connectivity index (χ1n) is 8.10. The zero-order valence-electron chi connectivity index (χ0n) is 13.5. The Labute approximate surface area is 136 Å². The summed E-state index contributed by atoms with van der Waals surface area (Å²) in [5, 5.41) is 4.27. The second kappa shape index (κ2) is 5.63. The van der Waals surface area contributed by atoms with Crippen LogP contribution in [0.15, 0.2) is 54.7 Å². The Morgan fingerprint density at radius 3 is 2.83 bits per heavy atom. The summed E-state index contributed by atoms with van der Waals surface area (Å²) in [6.07, 6.45) is 3.39. The van der Waals surface area contributed by atoms with Gasteiger partial charge in [0, 0.05) is 24.4 Å². The minimum Gasteiger partial charge on any atom is -0.491 e. The molecule has 2 aliphatic heterocycles. The van der Waals surface area contributed by atoms with Crippen LogP contribution in [0.1, 0.15) is 25.0 Å². The van der Waals surface area contributed by atoms with Gasteiger partial charge in [0.25, 0.3) is 0 Å². The van der Waals surface area contributed by atoms with E-state index in [1.165, 1.54) is 16.8 Å². The molecule has 0 bridgehead atoms. The lowest BCUT2D eigenvalue weighted by atomic mass is 9.98. The molecule has 2 aromatic rings. The van der Waals surface area contributed by atoms with E-state index in [1.54, 1.807) is 0 Å². The predicted molar refractivity (Wildman–Crippen MR) is 92.6 cm³/mol. The van der Waals surface area contributed by atoms with Crippen molar-refractivity contribution in [1.82, 2.24) is 10.5 Å². The molecule has 0 aromatic heterocycles. The normalized spacial score (nSPS) is 16.2. The van der Waals surface area contributed by atoms with E-state index in [0.717, 1.165) is 24.4 Å². The average molecular weight is 307 g/mol. The van der Waals surface area contributed by atoms with Crippen LogP contribution in [0.5, 0.6) is 5.75 Å². The number of nitrogens with one attached hydrogen (secondary N) is 1. The Bertz CT molecular complexity index is 754. The SMILES string of the molecule is CC(C)Oc1cccc(N2C=C3c4ccccc4CCN3N2)c1. The fourth-order valence-corrected chi connectivity index (χ4v) is 3.12. The first kappa shape index (κ1) is 14.2. The molecule has 2 heterocycles. The first-order valence-corrected chi connectivity index (χ1v) is 8.10. The Morgan fingerprint density at radius 1 is 1.09 bits per heavy atom. The van der Waals surface area contributed by atoms with Gasteiger partial charge in [-0.25, -0.2) is 0 Å². The molecular weight excluding hydrogens is 286 g/mol. The number of ether oxygens (including phenoxy) is 1. The van der Waals surface area contributed by atoms with Crippen molar-refractivity contribution in [2.45, 2.75) is 26.4 Å². The van der Waals surface area contributed by atoms with Gasteiger partial charge >= 0.3 is 0 Å². The van der Waals surface area contributed by atoms with Gasteiger partial charge in [-0.1, -0.05) is 30.3 Å². The van der Waals surface area contributed by atoms with Crippen LogP contribution in [0.4, 0.5) is 5.69 Å². The molecule has 4 rings (SSSR count). The molecule has 0 radical (unpaired) electrons. The van der Waals surface area contributed by atoms with Crippen LogP contribution in [0.2, 0.25) is 0 Å². The highest BCUT2D eigenvalue weighted by atomic mass is 16.5. The molecule has 23 heavy (non-hydrogen) atoms. The molecule has 0 fully saturated rings. The number of benzene rings is 2. The average Bonchev–Trinajstić information content (AvgIpc) is 2.99. The highest BCUT2D eigenvalue weighted by Crippen LogP contribution is 2.33. The summed E-state index contributed by atoms with van der Waals surface area (Å²) >= 11 is 0. The van der Waals surface area contributed by atoms with Gasteiger partial charge in [-0.3, -0.25) is 10.0 Å². The van der Waals surface area contributed by atoms with Crippen LogP contribution in [0.25, 0.3) is 5.70 Å². The van der Waals surface area contributed by atoms with Crippen molar-refractivity contribution in [1.29, 1.82) is 0 Å². The maximum atomic E-state index is 5.80. The van der Waals surface area contributed by atoms with Gasteiger partial charge in [0.1, 0.15) is 5.75 Å². The third kappa shape index (κ3) is 2.66. The van der Waals surface area contributed by atoms with Crippen LogP contribution in [0.3, 0.4) is 0 Å². The molecule has 118 valence electrons. The number of anilines is 1. The van der Waals surface area contributed by atoms with E-state index in [9.17, 15) is 0 Å². The summed E-state index contributed by atoms with van der Waals surface area (Å²) in [6.45, 7) is 5.06. The fraction of sp³-hybridized carbons (Fsp3) is 0.263. The third-order valence-corrected chi connectivity index (χ3v) is 4.14. The summed E-state index contributed by atoms with van der Waals surface area (Å²) in [5.74, 6) is 0.892. The maximum Gasteiger partial charge on any atom is 0.121 e. The number of fused-ring (bicyclic) bond motifs is 3. The van der Waals surface area contributed by atoms with Crippen LogP contribution in [-0.2, 0) is 6.42 Å². The lowest BCUT2D eigenvalue weighted by Gasteiger charge is -2.29. The van der Waals surface area contributed by atoms with Crippen LogP contribution in [0, 0.1) is 0 Å². The van der Waals surface area contributed by atoms with Gasteiger partial charge in [-0.2, -0.15) is 0 Å². The lowest BCUT2D eigenvalue weighted by molar-refractivity contribution is 0.242. The summed E-state index contributed by atoms with van der Waals surface area (Å²) in [7, 11) is 0. The maximum absolute atomic E-state index is 5.80. The van der Waals surface area contributed by atoms with Gasteiger partial charge in [0.2, 0.25) is 0 Å². The summed E-state index contributed by atoms with van der Waals surface area (Å²) in [5.41, 5.74) is 8.47. The van der Waals surface area contributed by atoms with Crippen molar-refractivity contribution in [3.8, 4) is 5.75 Å². The molecule has 4 nitrogen and oxygen atoms in total. The van der Waals surface area contributed by atoms with E-state index in [-0.39, 0.29) is 6.10 Å². The fourth-order valence-electron chi connectivity index (χ4n) is 3.12. The van der Waals surface area contributed by atoms with E-state index in [0.29, 0.717) is 0 Å². The number of nitrogens with zero attached hydrogens (tertiary/aromatic N) is 2. The second-order valence-electron chi connectivity index (χ2n) is 6.21. The van der Waals surface area contributed by atoms with Crippen molar-refractivity contribution in [3.63, 3.8) is 0 Å². The highest BCUT2D eigenvalue weighted by molar-refractivity contribution is 5.73. The molecule has 0 amide bonds. The minimum absolute atomic E-state index is 0.174. The van der Waals surface area contributed by atoms with Crippen molar-refractivity contribution in [3.05, 3.63) is 65.9 Å². The zero-order chi connectivity index (χ0) is 15.8. The molecule has 2 aliphatic rings. The summed E-state index contributed by atoms with van der Waals surface area (Å²) in [4.78, 5) is 0. The van der Waals surface area contributed by atoms with Crippen LogP contribution in [-0.4, -0.2) is 17.7 Å². The quantitative estimate of drug-likeness (QED) is 0.938. The molecule has 1 N–H and O–H groups in total. The highest BCUT2D eigenvalue weighted by Gasteiger charge is 2.27. The second-order valence-corrected chi connectivity index (χ2v) is 6.21. The molecule has 0 aliphatic carbocycles. The van der Waals surface area contributed by atoms with Crippen molar-refractivity contribution in [2.75, 3.05) is 11.6 Å². The van der Waals surface area contributed by atoms with Gasteiger partial charge in [0.05, 0.1) is 17.5 Å². The van der Waals surface area contributed by atoms with Crippen LogP contribution >= 0.6 is 0 Å². The standard InChI is InChI=1S/C19H21N3O/c1-14(2)23-17-8-5-7-16(12-17)22-13-19-18-9-4-3-6-15(18)10-11-21(19)20-22/h3-9,12-14,20H,10-11H2,1-2H3. The van der Waals surface area contributed by atoms with Crippen molar-refractivity contribution >= 4 is 11.4 Å². The van der Waals surface area contributed by atoms with Gasteiger partial charge in [0.15, 0.2) is 0 Å². The third-order valence-electron chi connectivity index (χ3n) is 4.14. The van der Waals surface area contributed by atoms with E-state index in [4.69, 9.17) is 4.74 Å². The Hall–Kier alpha value is -2.46. The largest absolute Gasteiger partial charge is 0.491 e. The lowest BCUT2D eigenvalue weighted by Crippen LogP contribution is -2.42. The Morgan fingerprint density at radius 2 is 1.96 bits per heavy atom. The topological polar surface area (TPSA) is 27.7 Å². The van der Waals surface area contributed by atoms with Crippen molar-refractivity contribution in [2.24, 2.45) is 0 Å². The van der Waals surface area contributed by atoms with E-state index in [2.05, 4.69) is 58.2 Å². The number of rotatable bonds is 3. The zero-order valence-corrected chi connectivity index (χ0v) is 13.5. The number of hydrazine groups is 2. The van der Waals surface area contributed by atoms with Gasteiger partial charge < -0.3 is 4.74 Å². The monoisotopic (exact) mass is 307 g/mol. The number of hydrogen-bond donors (Lipinski definition) is 1. The van der Waals surface area contributed by atoms with Crippen molar-refractivity contribution < 1.29 is 4.74 Å². The smallest absolute Gasteiger partial charge is 0.121 e. The predicted octanol–water partition coefficient (Wildman–Crippen LogP) is 3.57. The number of hydrogen-bond acceptors (Lipinski definition) is 4. The molecule has 2 aromatic carbocycles. The first-order chi connectivity index (χ1) is 11.2.